The van der Waals surface area contributed by atoms with Crippen molar-refractivity contribution in [2.45, 2.75) is 26.7 Å². The molecule has 1 N–H and O–H groups in total. The van der Waals surface area contributed by atoms with Gasteiger partial charge in [-0.15, -0.1) is 0 Å². The maximum atomic E-state index is 4.60. The van der Waals surface area contributed by atoms with E-state index in [1.807, 2.05) is 25.2 Å². The van der Waals surface area contributed by atoms with E-state index in [9.17, 15) is 0 Å². The lowest BCUT2D eigenvalue weighted by atomic mass is 10.1. The minimum Gasteiger partial charge on any atom is -0.373 e. The van der Waals surface area contributed by atoms with Crippen LogP contribution >= 0.6 is 0 Å². The Kier molecular flexibility index (Phi) is 3.87. The fraction of sp³-hybridized carbons (Fsp3) is 0.357. The molecule has 2 aromatic rings. The normalized spacial score (nSPS) is 10.4. The van der Waals surface area contributed by atoms with Gasteiger partial charge in [0.1, 0.15) is 11.6 Å². The standard InChI is InChI=1S/C14H18N4/c1-4-12-10(2)14(15-3)18-13(17-12)9-11-7-5-6-8-16-11/h5-8H,4,9H2,1-3H3,(H,15,17,18). The molecule has 0 fully saturated rings. The van der Waals surface area contributed by atoms with Crippen LogP contribution in [0.3, 0.4) is 0 Å². The average Bonchev–Trinajstić information content (AvgIpc) is 2.41. The van der Waals surface area contributed by atoms with E-state index in [2.05, 4.69) is 34.1 Å². The third kappa shape index (κ3) is 2.64. The minimum atomic E-state index is 0.669. The second-order valence-corrected chi connectivity index (χ2v) is 4.16. The molecule has 2 rings (SSSR count). The van der Waals surface area contributed by atoms with Crippen LogP contribution in [-0.2, 0) is 12.8 Å². The smallest absolute Gasteiger partial charge is 0.136 e. The molecule has 0 saturated heterocycles. The molecular formula is C14H18N4. The number of hydrogen-bond acceptors (Lipinski definition) is 4. The van der Waals surface area contributed by atoms with Gasteiger partial charge in [0, 0.05) is 30.2 Å². The van der Waals surface area contributed by atoms with Gasteiger partial charge in [-0.25, -0.2) is 9.97 Å². The molecule has 0 unspecified atom stereocenters. The minimum absolute atomic E-state index is 0.669. The number of rotatable bonds is 4. The fourth-order valence-electron chi connectivity index (χ4n) is 1.95. The quantitative estimate of drug-likeness (QED) is 0.894. The summed E-state index contributed by atoms with van der Waals surface area (Å²) in [7, 11) is 1.89. The first-order chi connectivity index (χ1) is 8.74. The Hall–Kier alpha value is -1.97. The van der Waals surface area contributed by atoms with E-state index < -0.39 is 0 Å². The highest BCUT2D eigenvalue weighted by atomic mass is 15.0. The Morgan fingerprint density at radius 3 is 2.67 bits per heavy atom. The molecule has 0 aliphatic heterocycles. The largest absolute Gasteiger partial charge is 0.373 e. The van der Waals surface area contributed by atoms with Gasteiger partial charge in [0.25, 0.3) is 0 Å². The second-order valence-electron chi connectivity index (χ2n) is 4.16. The van der Waals surface area contributed by atoms with E-state index in [0.717, 1.165) is 35.0 Å². The van der Waals surface area contributed by atoms with Crippen LogP contribution in [0, 0.1) is 6.92 Å². The number of anilines is 1. The summed E-state index contributed by atoms with van der Waals surface area (Å²) < 4.78 is 0. The molecule has 0 spiro atoms. The van der Waals surface area contributed by atoms with Crippen LogP contribution in [0.2, 0.25) is 0 Å². The molecule has 2 heterocycles. The van der Waals surface area contributed by atoms with Crippen LogP contribution in [-0.4, -0.2) is 22.0 Å². The third-order valence-corrected chi connectivity index (χ3v) is 2.93. The molecule has 0 atom stereocenters. The van der Waals surface area contributed by atoms with Crippen LogP contribution in [0.25, 0.3) is 0 Å². The van der Waals surface area contributed by atoms with E-state index >= 15 is 0 Å². The summed E-state index contributed by atoms with van der Waals surface area (Å²) in [6.07, 6.45) is 3.38. The van der Waals surface area contributed by atoms with Gasteiger partial charge >= 0.3 is 0 Å². The van der Waals surface area contributed by atoms with Gasteiger partial charge in [0.05, 0.1) is 6.42 Å². The molecule has 0 bridgehead atoms. The van der Waals surface area contributed by atoms with Crippen LogP contribution in [0.5, 0.6) is 0 Å². The Balaban J connectivity index is 2.34. The maximum absolute atomic E-state index is 4.60. The molecule has 0 aliphatic carbocycles. The molecular weight excluding hydrogens is 224 g/mol. The lowest BCUT2D eigenvalue weighted by Gasteiger charge is -2.10. The summed E-state index contributed by atoms with van der Waals surface area (Å²) in [5.74, 6) is 1.73. The topological polar surface area (TPSA) is 50.7 Å². The first-order valence-electron chi connectivity index (χ1n) is 6.18. The van der Waals surface area contributed by atoms with Gasteiger partial charge < -0.3 is 5.32 Å². The SMILES string of the molecule is CCc1nc(Cc2ccccn2)nc(NC)c1C. The van der Waals surface area contributed by atoms with Gasteiger partial charge in [-0.2, -0.15) is 0 Å². The van der Waals surface area contributed by atoms with Gasteiger partial charge in [0.2, 0.25) is 0 Å². The molecule has 0 amide bonds. The van der Waals surface area contributed by atoms with Crippen LogP contribution in [0.1, 0.15) is 29.7 Å². The van der Waals surface area contributed by atoms with Crippen molar-refractivity contribution in [1.29, 1.82) is 0 Å². The monoisotopic (exact) mass is 242 g/mol. The molecule has 0 aromatic carbocycles. The highest BCUT2D eigenvalue weighted by molar-refractivity contribution is 5.45. The molecule has 0 aliphatic rings. The first kappa shape index (κ1) is 12.5. The first-order valence-corrected chi connectivity index (χ1v) is 6.18. The molecule has 2 aromatic heterocycles. The zero-order valence-electron chi connectivity index (χ0n) is 11.1. The van der Waals surface area contributed by atoms with Crippen LogP contribution in [0.4, 0.5) is 5.82 Å². The number of pyridine rings is 1. The Morgan fingerprint density at radius 2 is 2.06 bits per heavy atom. The zero-order chi connectivity index (χ0) is 13.0. The summed E-state index contributed by atoms with van der Waals surface area (Å²) in [6, 6.07) is 5.89. The second kappa shape index (κ2) is 5.58. The Labute approximate surface area is 108 Å². The number of hydrogen-bond donors (Lipinski definition) is 1. The van der Waals surface area contributed by atoms with Gasteiger partial charge in [0.15, 0.2) is 0 Å². The number of aryl methyl sites for hydroxylation is 1. The number of nitrogens with zero attached hydrogens (tertiary/aromatic N) is 3. The fourth-order valence-corrected chi connectivity index (χ4v) is 1.95. The summed E-state index contributed by atoms with van der Waals surface area (Å²) in [6.45, 7) is 4.16. The van der Waals surface area contributed by atoms with Crippen molar-refractivity contribution in [3.8, 4) is 0 Å². The van der Waals surface area contributed by atoms with Crippen molar-refractivity contribution in [1.82, 2.24) is 15.0 Å². The summed E-state index contributed by atoms with van der Waals surface area (Å²) >= 11 is 0. The molecule has 0 saturated carbocycles. The van der Waals surface area contributed by atoms with Gasteiger partial charge in [-0.1, -0.05) is 13.0 Å². The van der Waals surface area contributed by atoms with Crippen LogP contribution in [0.15, 0.2) is 24.4 Å². The average molecular weight is 242 g/mol. The Bertz CT molecular complexity index is 498. The molecule has 4 heteroatoms. The molecule has 94 valence electrons. The van der Waals surface area contributed by atoms with Crippen molar-refractivity contribution in [3.05, 3.63) is 47.2 Å². The molecule has 18 heavy (non-hydrogen) atoms. The van der Waals surface area contributed by atoms with Crippen LogP contribution < -0.4 is 5.32 Å². The third-order valence-electron chi connectivity index (χ3n) is 2.93. The summed E-state index contributed by atoms with van der Waals surface area (Å²) in [4.78, 5) is 13.4. The van der Waals surface area contributed by atoms with Gasteiger partial charge in [-0.05, 0) is 25.5 Å². The van der Waals surface area contributed by atoms with Crippen molar-refractivity contribution in [2.75, 3.05) is 12.4 Å². The number of aromatic nitrogens is 3. The predicted molar refractivity (Wildman–Crippen MR) is 72.7 cm³/mol. The van der Waals surface area contributed by atoms with Gasteiger partial charge in [-0.3, -0.25) is 4.98 Å². The van der Waals surface area contributed by atoms with Crippen molar-refractivity contribution in [2.24, 2.45) is 0 Å². The highest BCUT2D eigenvalue weighted by Gasteiger charge is 2.09. The highest BCUT2D eigenvalue weighted by Crippen LogP contribution is 2.16. The van der Waals surface area contributed by atoms with E-state index in [4.69, 9.17) is 0 Å². The maximum Gasteiger partial charge on any atom is 0.136 e. The van der Waals surface area contributed by atoms with E-state index in [-0.39, 0.29) is 0 Å². The summed E-state index contributed by atoms with van der Waals surface area (Å²) in [5.41, 5.74) is 3.22. The van der Waals surface area contributed by atoms with Crippen molar-refractivity contribution < 1.29 is 0 Å². The van der Waals surface area contributed by atoms with E-state index in [0.29, 0.717) is 6.42 Å². The van der Waals surface area contributed by atoms with Crippen molar-refractivity contribution in [3.63, 3.8) is 0 Å². The summed E-state index contributed by atoms with van der Waals surface area (Å²) in [5, 5.41) is 3.12. The van der Waals surface area contributed by atoms with E-state index in [1.165, 1.54) is 0 Å². The number of nitrogens with one attached hydrogen (secondary N) is 1. The zero-order valence-corrected chi connectivity index (χ0v) is 11.1. The molecule has 0 radical (unpaired) electrons. The lowest BCUT2D eigenvalue weighted by Crippen LogP contribution is -2.08. The van der Waals surface area contributed by atoms with E-state index in [1.54, 1.807) is 6.20 Å². The predicted octanol–water partition coefficient (Wildman–Crippen LogP) is 2.37. The Morgan fingerprint density at radius 1 is 1.22 bits per heavy atom. The van der Waals surface area contributed by atoms with Crippen molar-refractivity contribution >= 4 is 5.82 Å². The lowest BCUT2D eigenvalue weighted by molar-refractivity contribution is 0.877. The molecule has 4 nitrogen and oxygen atoms in total.